The summed E-state index contributed by atoms with van der Waals surface area (Å²) in [4.78, 5) is 16.7. The Bertz CT molecular complexity index is 1080. The number of anilines is 1. The van der Waals surface area contributed by atoms with E-state index in [1.165, 1.54) is 11.8 Å². The summed E-state index contributed by atoms with van der Waals surface area (Å²) in [5.74, 6) is 1.59. The number of rotatable bonds is 7. The molecule has 4 aromatic rings. The van der Waals surface area contributed by atoms with Gasteiger partial charge in [-0.25, -0.2) is 4.98 Å². The highest BCUT2D eigenvalue weighted by atomic mass is 127. The van der Waals surface area contributed by atoms with Crippen LogP contribution >= 0.6 is 34.4 Å². The van der Waals surface area contributed by atoms with Crippen LogP contribution < -0.4 is 5.32 Å². The van der Waals surface area contributed by atoms with Gasteiger partial charge in [-0.3, -0.25) is 4.79 Å². The molecule has 1 N–H and O–H groups in total. The first-order valence-electron chi connectivity index (χ1n) is 8.70. The van der Waals surface area contributed by atoms with Gasteiger partial charge in [-0.05, 0) is 71.1 Å². The van der Waals surface area contributed by atoms with Crippen molar-refractivity contribution in [1.82, 2.24) is 15.2 Å². The summed E-state index contributed by atoms with van der Waals surface area (Å²) in [7, 11) is 0. The molecule has 146 valence electrons. The first-order valence-corrected chi connectivity index (χ1v) is 10.8. The molecular weight excluding hydrogens is 503 g/mol. The van der Waals surface area contributed by atoms with Crippen molar-refractivity contribution in [2.75, 3.05) is 11.1 Å². The van der Waals surface area contributed by atoms with E-state index in [1.54, 1.807) is 36.8 Å². The molecule has 9 heteroatoms. The Morgan fingerprint density at radius 2 is 1.66 bits per heavy atom. The molecule has 3 heterocycles. The molecule has 0 aliphatic carbocycles. The normalized spacial score (nSPS) is 10.8. The van der Waals surface area contributed by atoms with E-state index in [9.17, 15) is 4.79 Å². The average molecular weight is 518 g/mol. The second kappa shape index (κ2) is 9.23. The number of hydrogen-bond acceptors (Lipinski definition) is 7. The maximum absolute atomic E-state index is 12.1. The van der Waals surface area contributed by atoms with Crippen LogP contribution in [-0.4, -0.2) is 26.8 Å². The van der Waals surface area contributed by atoms with Crippen molar-refractivity contribution in [3.05, 3.63) is 64.6 Å². The maximum Gasteiger partial charge on any atom is 0.225 e. The topological polar surface area (TPSA) is 94.0 Å². The number of furan rings is 2. The largest absolute Gasteiger partial charge is 0.463 e. The molecule has 4 rings (SSSR count). The van der Waals surface area contributed by atoms with E-state index >= 15 is 0 Å². The van der Waals surface area contributed by atoms with Crippen LogP contribution in [0.5, 0.6) is 0 Å². The van der Waals surface area contributed by atoms with Gasteiger partial charge in [-0.2, -0.15) is 0 Å². The van der Waals surface area contributed by atoms with E-state index in [2.05, 4.69) is 43.1 Å². The minimum Gasteiger partial charge on any atom is -0.463 e. The van der Waals surface area contributed by atoms with Crippen LogP contribution in [0, 0.1) is 3.57 Å². The molecule has 0 radical (unpaired) electrons. The molecule has 29 heavy (non-hydrogen) atoms. The predicted octanol–water partition coefficient (Wildman–Crippen LogP) is 5.12. The molecule has 1 amide bonds. The first-order chi connectivity index (χ1) is 14.2. The average Bonchev–Trinajstić information content (AvgIpc) is 3.44. The zero-order chi connectivity index (χ0) is 20.1. The van der Waals surface area contributed by atoms with E-state index in [0.717, 1.165) is 9.26 Å². The van der Waals surface area contributed by atoms with Gasteiger partial charge in [0.2, 0.25) is 11.1 Å². The van der Waals surface area contributed by atoms with E-state index in [1.807, 2.05) is 24.3 Å². The third-order valence-electron chi connectivity index (χ3n) is 3.86. The lowest BCUT2D eigenvalue weighted by Gasteiger charge is -2.06. The summed E-state index contributed by atoms with van der Waals surface area (Å²) in [6.45, 7) is 0. The Labute approximate surface area is 184 Å². The fourth-order valence-electron chi connectivity index (χ4n) is 2.53. The second-order valence-corrected chi connectivity index (χ2v) is 8.21. The molecule has 0 atom stereocenters. The number of thioether (sulfide) groups is 1. The van der Waals surface area contributed by atoms with E-state index in [0.29, 0.717) is 40.2 Å². The van der Waals surface area contributed by atoms with Gasteiger partial charge >= 0.3 is 0 Å². The Morgan fingerprint density at radius 1 is 0.966 bits per heavy atom. The highest BCUT2D eigenvalue weighted by molar-refractivity contribution is 14.1. The zero-order valence-electron chi connectivity index (χ0n) is 15.0. The summed E-state index contributed by atoms with van der Waals surface area (Å²) in [5.41, 5.74) is 1.83. The van der Waals surface area contributed by atoms with Gasteiger partial charge in [-0.15, -0.1) is 10.2 Å². The quantitative estimate of drug-likeness (QED) is 0.268. The summed E-state index contributed by atoms with van der Waals surface area (Å²) >= 11 is 3.58. The van der Waals surface area contributed by atoms with Crippen molar-refractivity contribution in [3.8, 4) is 22.9 Å². The minimum atomic E-state index is -0.0647. The van der Waals surface area contributed by atoms with Gasteiger partial charge in [0.1, 0.15) is 5.69 Å². The third-order valence-corrected chi connectivity index (χ3v) is 5.42. The number of nitrogens with zero attached hydrogens (tertiary/aromatic N) is 3. The smallest absolute Gasteiger partial charge is 0.225 e. The standard InChI is InChI=1S/C20H15IN4O3S/c21-13-5-7-14(8-6-13)22-17(26)9-12-29-20-23-18(15-3-1-10-27-15)19(24-25-20)16-4-2-11-28-16/h1-8,10-11H,9,12H2,(H,22,26). The van der Waals surface area contributed by atoms with Crippen LogP contribution in [0.15, 0.2) is 75.0 Å². The Hall–Kier alpha value is -2.66. The number of benzene rings is 1. The SMILES string of the molecule is O=C(CCSc1nnc(-c2ccco2)c(-c2ccco2)n1)Nc1ccc(I)cc1. The van der Waals surface area contributed by atoms with Crippen LogP contribution in [0.1, 0.15) is 6.42 Å². The van der Waals surface area contributed by atoms with Crippen LogP contribution in [0.4, 0.5) is 5.69 Å². The molecule has 0 unspecified atom stereocenters. The van der Waals surface area contributed by atoms with E-state index < -0.39 is 0 Å². The second-order valence-electron chi connectivity index (χ2n) is 5.90. The number of nitrogens with one attached hydrogen (secondary N) is 1. The monoisotopic (exact) mass is 518 g/mol. The highest BCUT2D eigenvalue weighted by Gasteiger charge is 2.18. The van der Waals surface area contributed by atoms with Crippen molar-refractivity contribution >= 4 is 45.9 Å². The van der Waals surface area contributed by atoms with Crippen molar-refractivity contribution in [1.29, 1.82) is 0 Å². The Balaban J connectivity index is 1.42. The number of carbonyl (C=O) groups excluding carboxylic acids is 1. The lowest BCUT2D eigenvalue weighted by atomic mass is 10.2. The lowest BCUT2D eigenvalue weighted by molar-refractivity contribution is -0.115. The van der Waals surface area contributed by atoms with E-state index in [4.69, 9.17) is 8.83 Å². The lowest BCUT2D eigenvalue weighted by Crippen LogP contribution is -2.12. The van der Waals surface area contributed by atoms with Gasteiger partial charge in [0, 0.05) is 21.4 Å². The van der Waals surface area contributed by atoms with Crippen molar-refractivity contribution < 1.29 is 13.6 Å². The Kier molecular flexibility index (Phi) is 6.25. The van der Waals surface area contributed by atoms with Crippen molar-refractivity contribution in [3.63, 3.8) is 0 Å². The van der Waals surface area contributed by atoms with Crippen LogP contribution in [0.2, 0.25) is 0 Å². The molecule has 1 aromatic carbocycles. The zero-order valence-corrected chi connectivity index (χ0v) is 18.0. The van der Waals surface area contributed by atoms with Crippen LogP contribution in [0.3, 0.4) is 0 Å². The minimum absolute atomic E-state index is 0.0647. The molecule has 3 aromatic heterocycles. The number of aromatic nitrogens is 3. The molecule has 0 saturated carbocycles. The van der Waals surface area contributed by atoms with E-state index in [-0.39, 0.29) is 5.91 Å². The molecule has 0 fully saturated rings. The predicted molar refractivity (Wildman–Crippen MR) is 118 cm³/mol. The van der Waals surface area contributed by atoms with Crippen LogP contribution in [0.25, 0.3) is 22.9 Å². The van der Waals surface area contributed by atoms with Gasteiger partial charge in [-0.1, -0.05) is 11.8 Å². The highest BCUT2D eigenvalue weighted by Crippen LogP contribution is 2.30. The molecule has 0 spiro atoms. The van der Waals surface area contributed by atoms with Gasteiger partial charge in [0.25, 0.3) is 0 Å². The maximum atomic E-state index is 12.1. The number of halogens is 1. The fourth-order valence-corrected chi connectivity index (χ4v) is 3.61. The van der Waals surface area contributed by atoms with Crippen molar-refractivity contribution in [2.45, 2.75) is 11.6 Å². The summed E-state index contributed by atoms with van der Waals surface area (Å²) < 4.78 is 12.0. The third kappa shape index (κ3) is 5.04. The molecule has 0 saturated heterocycles. The molecule has 0 aliphatic rings. The molecular formula is C20H15IN4O3S. The first kappa shape index (κ1) is 19.6. The number of carbonyl (C=O) groups is 1. The van der Waals surface area contributed by atoms with Gasteiger partial charge in [0.05, 0.1) is 12.5 Å². The van der Waals surface area contributed by atoms with Crippen LogP contribution in [-0.2, 0) is 4.79 Å². The fraction of sp³-hybridized carbons (Fsp3) is 0.100. The number of amides is 1. The summed E-state index contributed by atoms with van der Waals surface area (Å²) in [6, 6.07) is 14.8. The van der Waals surface area contributed by atoms with Gasteiger partial charge in [0.15, 0.2) is 17.2 Å². The molecule has 0 bridgehead atoms. The summed E-state index contributed by atoms with van der Waals surface area (Å²) in [6.07, 6.45) is 3.47. The summed E-state index contributed by atoms with van der Waals surface area (Å²) in [5, 5.41) is 11.8. The number of hydrogen-bond donors (Lipinski definition) is 1. The Morgan fingerprint density at radius 3 is 2.31 bits per heavy atom. The van der Waals surface area contributed by atoms with Crippen molar-refractivity contribution in [2.24, 2.45) is 0 Å². The van der Waals surface area contributed by atoms with Gasteiger partial charge < -0.3 is 14.2 Å². The molecule has 7 nitrogen and oxygen atoms in total. The molecule has 0 aliphatic heterocycles.